The van der Waals surface area contributed by atoms with E-state index < -0.39 is 15.9 Å². The van der Waals surface area contributed by atoms with E-state index in [1.54, 1.807) is 24.3 Å². The minimum atomic E-state index is -3.87. The van der Waals surface area contributed by atoms with Gasteiger partial charge in [0.15, 0.2) is 11.5 Å². The van der Waals surface area contributed by atoms with E-state index in [9.17, 15) is 13.2 Å². The topological polar surface area (TPSA) is 72.9 Å². The van der Waals surface area contributed by atoms with Crippen LogP contribution in [0.25, 0.3) is 0 Å². The van der Waals surface area contributed by atoms with Crippen molar-refractivity contribution in [3.8, 4) is 11.5 Å². The Morgan fingerprint density at radius 2 is 1.65 bits per heavy atom. The molecule has 6 nitrogen and oxygen atoms in total. The number of hydrogen-bond donors (Lipinski definition) is 0. The van der Waals surface area contributed by atoms with Gasteiger partial charge in [-0.15, -0.1) is 0 Å². The number of carbonyl (C=O) groups excluding carboxylic acids is 1. The molecule has 2 aromatic carbocycles. The van der Waals surface area contributed by atoms with E-state index in [0.29, 0.717) is 34.7 Å². The van der Waals surface area contributed by atoms with Crippen LogP contribution in [0.15, 0.2) is 45.8 Å². The summed E-state index contributed by atoms with van der Waals surface area (Å²) in [6.45, 7) is 4.53. The zero-order valence-electron chi connectivity index (χ0n) is 14.4. The van der Waals surface area contributed by atoms with E-state index in [1.165, 1.54) is 12.1 Å². The van der Waals surface area contributed by atoms with Crippen LogP contribution in [0, 0.1) is 0 Å². The largest absolute Gasteiger partial charge is 0.490 e. The summed E-state index contributed by atoms with van der Waals surface area (Å²) in [5.74, 6) is 0.539. The maximum absolute atomic E-state index is 12.7. The van der Waals surface area contributed by atoms with Crippen molar-refractivity contribution in [1.82, 2.24) is 4.31 Å². The van der Waals surface area contributed by atoms with E-state index in [2.05, 4.69) is 15.9 Å². The molecule has 0 saturated heterocycles. The molecule has 1 aliphatic rings. The molecule has 0 radical (unpaired) electrons. The lowest BCUT2D eigenvalue weighted by Gasteiger charge is -2.18. The van der Waals surface area contributed by atoms with Crippen molar-refractivity contribution in [2.24, 2.45) is 0 Å². The van der Waals surface area contributed by atoms with Gasteiger partial charge < -0.3 is 9.47 Å². The molecule has 26 heavy (non-hydrogen) atoms. The molecule has 0 atom stereocenters. The monoisotopic (exact) mass is 439 g/mol. The third-order valence-corrected chi connectivity index (χ3v) is 6.46. The van der Waals surface area contributed by atoms with Crippen LogP contribution in [-0.2, 0) is 16.6 Å². The summed E-state index contributed by atoms with van der Waals surface area (Å²) >= 11 is 3.43. The van der Waals surface area contributed by atoms with Gasteiger partial charge >= 0.3 is 0 Å². The molecule has 2 aromatic rings. The second-order valence-corrected chi connectivity index (χ2v) is 8.25. The van der Waals surface area contributed by atoms with Crippen molar-refractivity contribution >= 4 is 31.9 Å². The van der Waals surface area contributed by atoms with Gasteiger partial charge in [-0.3, -0.25) is 4.79 Å². The van der Waals surface area contributed by atoms with Crippen LogP contribution in [0.2, 0.25) is 0 Å². The summed E-state index contributed by atoms with van der Waals surface area (Å²) in [5.41, 5.74) is 0.807. The van der Waals surface area contributed by atoms with Gasteiger partial charge in [-0.2, -0.15) is 0 Å². The van der Waals surface area contributed by atoms with Crippen molar-refractivity contribution in [2.45, 2.75) is 25.3 Å². The van der Waals surface area contributed by atoms with Gasteiger partial charge in [0.1, 0.15) is 4.90 Å². The second-order valence-electron chi connectivity index (χ2n) is 5.57. The van der Waals surface area contributed by atoms with Crippen LogP contribution >= 0.6 is 15.9 Å². The Balaban J connectivity index is 1.99. The molecule has 0 aliphatic carbocycles. The molecule has 0 bridgehead atoms. The summed E-state index contributed by atoms with van der Waals surface area (Å²) in [6.07, 6.45) is 0. The molecule has 3 rings (SSSR count). The zero-order chi connectivity index (χ0) is 18.9. The van der Waals surface area contributed by atoms with Crippen molar-refractivity contribution in [2.75, 3.05) is 13.2 Å². The number of ether oxygens (including phenoxy) is 2. The normalized spacial score (nSPS) is 15.0. The lowest BCUT2D eigenvalue weighted by molar-refractivity contribution is 0.0864. The highest BCUT2D eigenvalue weighted by Crippen LogP contribution is 2.37. The Bertz CT molecular complexity index is 958. The van der Waals surface area contributed by atoms with Gasteiger partial charge in [0.25, 0.3) is 15.9 Å². The third-order valence-electron chi connectivity index (χ3n) is 3.94. The standard InChI is InChI=1S/C18H18BrNO5S/c1-3-24-15-9-12(14(19)10-16(15)25-4-2)11-20-18(21)13-7-5-6-8-17(13)26(20,22)23/h5-10H,3-4,11H2,1-2H3. The highest BCUT2D eigenvalue weighted by atomic mass is 79.9. The molecule has 1 amide bonds. The Morgan fingerprint density at radius 3 is 2.27 bits per heavy atom. The first-order valence-electron chi connectivity index (χ1n) is 8.14. The quantitative estimate of drug-likeness (QED) is 0.687. The van der Waals surface area contributed by atoms with Gasteiger partial charge in [-0.25, -0.2) is 12.7 Å². The molecule has 0 unspecified atom stereocenters. The lowest BCUT2D eigenvalue weighted by atomic mass is 10.1. The lowest BCUT2D eigenvalue weighted by Crippen LogP contribution is -2.29. The van der Waals surface area contributed by atoms with Crippen LogP contribution in [-0.4, -0.2) is 31.8 Å². The van der Waals surface area contributed by atoms with Gasteiger partial charge in [0.2, 0.25) is 0 Å². The fourth-order valence-corrected chi connectivity index (χ4v) is 4.77. The average Bonchev–Trinajstić information content (AvgIpc) is 2.80. The molecule has 0 spiro atoms. The van der Waals surface area contributed by atoms with Crippen molar-refractivity contribution in [1.29, 1.82) is 0 Å². The molecule has 8 heteroatoms. The van der Waals surface area contributed by atoms with Crippen molar-refractivity contribution in [3.05, 3.63) is 52.0 Å². The Hall–Kier alpha value is -2.06. The molecule has 0 aromatic heterocycles. The smallest absolute Gasteiger partial charge is 0.269 e. The summed E-state index contributed by atoms with van der Waals surface area (Å²) in [7, 11) is -3.87. The summed E-state index contributed by atoms with van der Waals surface area (Å²) in [5, 5.41) is 0. The molecule has 138 valence electrons. The average molecular weight is 440 g/mol. The SMILES string of the molecule is CCOc1cc(Br)c(CN2C(=O)c3ccccc3S2(=O)=O)cc1OCC. The molecule has 0 N–H and O–H groups in total. The van der Waals surface area contributed by atoms with E-state index in [1.807, 2.05) is 13.8 Å². The van der Waals surface area contributed by atoms with E-state index in [-0.39, 0.29) is 17.0 Å². The Morgan fingerprint density at radius 1 is 1.04 bits per heavy atom. The first-order chi connectivity index (χ1) is 12.4. The van der Waals surface area contributed by atoms with Gasteiger partial charge in [-0.05, 0) is 43.7 Å². The number of halogens is 1. The van der Waals surface area contributed by atoms with Crippen molar-refractivity contribution in [3.63, 3.8) is 0 Å². The fraction of sp³-hybridized carbons (Fsp3) is 0.278. The van der Waals surface area contributed by atoms with Gasteiger partial charge in [0, 0.05) is 4.47 Å². The fourth-order valence-electron chi connectivity index (χ4n) is 2.78. The molecular formula is C18H18BrNO5S. The maximum atomic E-state index is 12.7. The van der Waals surface area contributed by atoms with E-state index in [0.717, 1.165) is 4.31 Å². The zero-order valence-corrected chi connectivity index (χ0v) is 16.8. The second kappa shape index (κ2) is 7.28. The van der Waals surface area contributed by atoms with Gasteiger partial charge in [0.05, 0.1) is 25.3 Å². The van der Waals surface area contributed by atoms with Crippen LogP contribution < -0.4 is 9.47 Å². The summed E-state index contributed by atoms with van der Waals surface area (Å²) in [4.78, 5) is 12.6. The first-order valence-corrected chi connectivity index (χ1v) is 10.4. The minimum Gasteiger partial charge on any atom is -0.490 e. The number of fused-ring (bicyclic) bond motifs is 1. The van der Waals surface area contributed by atoms with Crippen molar-refractivity contribution < 1.29 is 22.7 Å². The predicted octanol–water partition coefficient (Wildman–Crippen LogP) is 3.59. The molecule has 0 saturated carbocycles. The predicted molar refractivity (Wildman–Crippen MR) is 100.0 cm³/mol. The number of nitrogens with zero attached hydrogens (tertiary/aromatic N) is 1. The Kier molecular flexibility index (Phi) is 5.24. The Labute approximate surface area is 160 Å². The van der Waals surface area contributed by atoms with E-state index in [4.69, 9.17) is 9.47 Å². The number of hydrogen-bond acceptors (Lipinski definition) is 5. The van der Waals surface area contributed by atoms with Crippen LogP contribution in [0.4, 0.5) is 0 Å². The molecule has 1 aliphatic heterocycles. The van der Waals surface area contributed by atoms with Gasteiger partial charge in [-0.1, -0.05) is 28.1 Å². The number of rotatable bonds is 6. The number of amides is 1. The number of benzene rings is 2. The van der Waals surface area contributed by atoms with Crippen LogP contribution in [0.5, 0.6) is 11.5 Å². The molecule has 1 heterocycles. The van der Waals surface area contributed by atoms with Crippen LogP contribution in [0.1, 0.15) is 29.8 Å². The van der Waals surface area contributed by atoms with Crippen LogP contribution in [0.3, 0.4) is 0 Å². The maximum Gasteiger partial charge on any atom is 0.269 e. The highest BCUT2D eigenvalue weighted by molar-refractivity contribution is 9.10. The first kappa shape index (κ1) is 18.7. The summed E-state index contributed by atoms with van der Waals surface area (Å²) in [6, 6.07) is 9.65. The number of sulfonamides is 1. The minimum absolute atomic E-state index is 0.0390. The third kappa shape index (κ3) is 3.19. The molecule has 0 fully saturated rings. The highest BCUT2D eigenvalue weighted by Gasteiger charge is 2.41. The number of carbonyl (C=O) groups is 1. The molecular weight excluding hydrogens is 422 g/mol. The summed E-state index contributed by atoms with van der Waals surface area (Å²) < 4.78 is 38.1. The van der Waals surface area contributed by atoms with E-state index >= 15 is 0 Å².